The van der Waals surface area contributed by atoms with Crippen LogP contribution in [0.15, 0.2) is 57.5 Å². The minimum Gasteiger partial charge on any atom is -0.479 e. The smallest absolute Gasteiger partial charge is 0.277 e. The lowest BCUT2D eigenvalue weighted by atomic mass is 10.1. The molecule has 2 amide bonds. The molecule has 0 saturated carbocycles. The highest BCUT2D eigenvalue weighted by molar-refractivity contribution is 9.10. The lowest BCUT2D eigenvalue weighted by Gasteiger charge is -2.23. The second-order valence-electron chi connectivity index (χ2n) is 6.00. The summed E-state index contributed by atoms with van der Waals surface area (Å²) in [5, 5.41) is 9.30. The van der Waals surface area contributed by atoms with E-state index in [0.717, 1.165) is 10.0 Å². The van der Waals surface area contributed by atoms with Gasteiger partial charge in [0.1, 0.15) is 5.75 Å². The molecule has 136 valence electrons. The summed E-state index contributed by atoms with van der Waals surface area (Å²) < 4.78 is 11.7. The molecular formula is C19H14BrN3O4. The summed E-state index contributed by atoms with van der Waals surface area (Å²) in [5.41, 5.74) is 1.98. The second kappa shape index (κ2) is 6.88. The normalized spacial score (nSPS) is 15.5. The molecule has 0 fully saturated rings. The van der Waals surface area contributed by atoms with Gasteiger partial charge in [-0.25, -0.2) is 0 Å². The Morgan fingerprint density at radius 2 is 1.96 bits per heavy atom. The van der Waals surface area contributed by atoms with Crippen LogP contribution >= 0.6 is 15.9 Å². The molecule has 1 aliphatic heterocycles. The molecule has 2 N–H and O–H groups in total. The van der Waals surface area contributed by atoms with E-state index >= 15 is 0 Å². The Balaban J connectivity index is 1.51. The highest BCUT2D eigenvalue weighted by Gasteiger charge is 2.24. The zero-order valence-electron chi connectivity index (χ0n) is 14.2. The molecule has 0 bridgehead atoms. The average Bonchev–Trinajstić information content (AvgIpc) is 3.14. The number of aromatic nitrogens is 1. The van der Waals surface area contributed by atoms with Crippen molar-refractivity contribution in [1.82, 2.24) is 5.16 Å². The van der Waals surface area contributed by atoms with Gasteiger partial charge in [0.05, 0.1) is 5.69 Å². The summed E-state index contributed by atoms with van der Waals surface area (Å²) in [6.07, 6.45) is -0.551. The van der Waals surface area contributed by atoms with Crippen molar-refractivity contribution in [2.75, 3.05) is 10.6 Å². The lowest BCUT2D eigenvalue weighted by molar-refractivity contribution is -0.122. The number of nitrogens with one attached hydrogen (secondary N) is 2. The van der Waals surface area contributed by atoms with Crippen LogP contribution in [0.2, 0.25) is 0 Å². The third kappa shape index (κ3) is 3.56. The van der Waals surface area contributed by atoms with E-state index in [1.54, 1.807) is 31.2 Å². The molecule has 2 aromatic carbocycles. The maximum Gasteiger partial charge on any atom is 0.277 e. The highest BCUT2D eigenvalue weighted by atomic mass is 79.9. The van der Waals surface area contributed by atoms with Crippen molar-refractivity contribution in [3.63, 3.8) is 0 Å². The van der Waals surface area contributed by atoms with Crippen molar-refractivity contribution in [1.29, 1.82) is 0 Å². The zero-order valence-corrected chi connectivity index (χ0v) is 15.7. The molecule has 1 atom stereocenters. The van der Waals surface area contributed by atoms with Crippen molar-refractivity contribution in [3.05, 3.63) is 58.7 Å². The summed E-state index contributed by atoms with van der Waals surface area (Å²) in [5.74, 6) is 0.395. The van der Waals surface area contributed by atoms with Crippen molar-refractivity contribution in [2.45, 2.75) is 13.0 Å². The number of rotatable bonds is 3. The fourth-order valence-corrected chi connectivity index (χ4v) is 2.88. The van der Waals surface area contributed by atoms with Gasteiger partial charge in [-0.1, -0.05) is 33.2 Å². The number of benzene rings is 2. The number of hydrogen-bond donors (Lipinski definition) is 2. The van der Waals surface area contributed by atoms with E-state index in [4.69, 9.17) is 9.26 Å². The number of hydrogen-bond acceptors (Lipinski definition) is 5. The maximum absolute atomic E-state index is 12.4. The fourth-order valence-electron chi connectivity index (χ4n) is 2.61. The van der Waals surface area contributed by atoms with Gasteiger partial charge in [-0.2, -0.15) is 0 Å². The Hall–Kier alpha value is -3.13. The van der Waals surface area contributed by atoms with Gasteiger partial charge in [0.25, 0.3) is 11.8 Å². The first-order chi connectivity index (χ1) is 13.0. The molecule has 0 unspecified atom stereocenters. The molecule has 4 rings (SSSR count). The van der Waals surface area contributed by atoms with E-state index in [1.165, 1.54) is 0 Å². The molecule has 7 nitrogen and oxygen atoms in total. The summed E-state index contributed by atoms with van der Waals surface area (Å²) in [6.45, 7) is 1.67. The van der Waals surface area contributed by atoms with Gasteiger partial charge in [-0.3, -0.25) is 9.59 Å². The third-order valence-corrected chi connectivity index (χ3v) is 4.57. The predicted molar refractivity (Wildman–Crippen MR) is 103 cm³/mol. The monoisotopic (exact) mass is 427 g/mol. The standard InChI is InChI=1S/C19H14BrN3O4/c1-10-18(24)22-14-8-13(6-7-16(14)26-10)21-19(25)15-9-17(27-23-15)11-2-4-12(20)5-3-11/h2-10H,1H3,(H,21,25)(H,22,24)/t10-/m1/s1. The fraction of sp³-hybridized carbons (Fsp3) is 0.105. The molecule has 0 aliphatic carbocycles. The van der Waals surface area contributed by atoms with Crippen molar-refractivity contribution >= 4 is 39.1 Å². The molecule has 0 radical (unpaired) electrons. The van der Waals surface area contributed by atoms with Crippen molar-refractivity contribution in [3.8, 4) is 17.1 Å². The molecule has 3 aromatic rings. The van der Waals surface area contributed by atoms with Crippen LogP contribution in [0.4, 0.5) is 11.4 Å². The van der Waals surface area contributed by atoms with Crippen LogP contribution in [0, 0.1) is 0 Å². The number of anilines is 2. The Morgan fingerprint density at radius 3 is 2.74 bits per heavy atom. The van der Waals surface area contributed by atoms with Gasteiger partial charge in [-0.15, -0.1) is 0 Å². The summed E-state index contributed by atoms with van der Waals surface area (Å²) in [6, 6.07) is 14.1. The third-order valence-electron chi connectivity index (χ3n) is 4.04. The van der Waals surface area contributed by atoms with Crippen LogP contribution < -0.4 is 15.4 Å². The van der Waals surface area contributed by atoms with E-state index in [1.807, 2.05) is 24.3 Å². The summed E-state index contributed by atoms with van der Waals surface area (Å²) >= 11 is 3.37. The number of amides is 2. The van der Waals surface area contributed by atoms with Crippen LogP contribution in [0.3, 0.4) is 0 Å². The predicted octanol–water partition coefficient (Wildman–Crippen LogP) is 4.08. The highest BCUT2D eigenvalue weighted by Crippen LogP contribution is 2.32. The molecular weight excluding hydrogens is 414 g/mol. The van der Waals surface area contributed by atoms with Crippen LogP contribution in [-0.4, -0.2) is 23.1 Å². The number of halogens is 1. The van der Waals surface area contributed by atoms with Gasteiger partial charge in [-0.05, 0) is 37.3 Å². The first-order valence-electron chi connectivity index (χ1n) is 8.15. The van der Waals surface area contributed by atoms with Gasteiger partial charge >= 0.3 is 0 Å². The number of ether oxygens (including phenoxy) is 1. The molecule has 0 spiro atoms. The number of nitrogens with zero attached hydrogens (tertiary/aromatic N) is 1. The molecule has 1 aliphatic rings. The van der Waals surface area contributed by atoms with Crippen LogP contribution in [0.5, 0.6) is 5.75 Å². The second-order valence-corrected chi connectivity index (χ2v) is 6.91. The molecule has 1 aromatic heterocycles. The SMILES string of the molecule is C[C@H]1Oc2ccc(NC(=O)c3cc(-c4ccc(Br)cc4)on3)cc2NC1=O. The average molecular weight is 428 g/mol. The summed E-state index contributed by atoms with van der Waals surface area (Å²) in [4.78, 5) is 24.2. The minimum atomic E-state index is -0.551. The van der Waals surface area contributed by atoms with Gasteiger partial charge in [0.15, 0.2) is 17.6 Å². The Bertz CT molecular complexity index is 1030. The largest absolute Gasteiger partial charge is 0.479 e. The number of carbonyl (C=O) groups excluding carboxylic acids is 2. The van der Waals surface area contributed by atoms with Gasteiger partial charge in [0, 0.05) is 21.8 Å². The van der Waals surface area contributed by atoms with Crippen molar-refractivity contribution < 1.29 is 18.8 Å². The first kappa shape index (κ1) is 17.3. The summed E-state index contributed by atoms with van der Waals surface area (Å²) in [7, 11) is 0. The van der Waals surface area contributed by atoms with Gasteiger partial charge in [0.2, 0.25) is 0 Å². The molecule has 27 heavy (non-hydrogen) atoms. The topological polar surface area (TPSA) is 93.5 Å². The minimum absolute atomic E-state index is 0.152. The Morgan fingerprint density at radius 1 is 1.19 bits per heavy atom. The lowest BCUT2D eigenvalue weighted by Crippen LogP contribution is -2.34. The van der Waals surface area contributed by atoms with E-state index in [9.17, 15) is 9.59 Å². The Labute approximate surface area is 162 Å². The van der Waals surface area contributed by atoms with E-state index in [-0.39, 0.29) is 11.6 Å². The van der Waals surface area contributed by atoms with Gasteiger partial charge < -0.3 is 19.9 Å². The zero-order chi connectivity index (χ0) is 19.0. The Kier molecular flexibility index (Phi) is 4.41. The van der Waals surface area contributed by atoms with E-state index in [2.05, 4.69) is 31.7 Å². The number of fused-ring (bicyclic) bond motifs is 1. The van der Waals surface area contributed by atoms with Crippen LogP contribution in [0.1, 0.15) is 17.4 Å². The van der Waals surface area contributed by atoms with Crippen LogP contribution in [0.25, 0.3) is 11.3 Å². The van der Waals surface area contributed by atoms with E-state index in [0.29, 0.717) is 22.9 Å². The first-order valence-corrected chi connectivity index (χ1v) is 8.94. The molecule has 0 saturated heterocycles. The molecule has 8 heteroatoms. The maximum atomic E-state index is 12.4. The quantitative estimate of drug-likeness (QED) is 0.656. The number of carbonyl (C=O) groups is 2. The molecule has 2 heterocycles. The van der Waals surface area contributed by atoms with Crippen molar-refractivity contribution in [2.24, 2.45) is 0 Å². The van der Waals surface area contributed by atoms with E-state index < -0.39 is 12.0 Å². The van der Waals surface area contributed by atoms with Crippen LogP contribution in [-0.2, 0) is 4.79 Å².